The lowest BCUT2D eigenvalue weighted by atomic mass is 10.0. The summed E-state index contributed by atoms with van der Waals surface area (Å²) >= 11 is 0. The topological polar surface area (TPSA) is 108 Å². The number of hydrogen-bond acceptors (Lipinski definition) is 6. The molecule has 0 radical (unpaired) electrons. The second kappa shape index (κ2) is 8.46. The summed E-state index contributed by atoms with van der Waals surface area (Å²) in [6, 6.07) is 1.47. The third-order valence-corrected chi connectivity index (χ3v) is 6.68. The average Bonchev–Trinajstić information content (AvgIpc) is 3.51. The van der Waals surface area contributed by atoms with Gasteiger partial charge in [0.2, 0.25) is 0 Å². The standard InChI is InChI=1S/C23H27N5O4/c1-14-12-24-8-6-15(14)22(30)27-10-7-17-16(13-27)21(29)26-20(25-17)18-4-2-9-28(18)23(31)19-5-3-11-32-19/h6,8,12,18-19H,2-5,7,9-11,13H2,1H3,(H,25,26,29)/t18-,19+/m1/s1. The van der Waals surface area contributed by atoms with Crippen molar-refractivity contribution in [2.45, 2.75) is 57.7 Å². The minimum atomic E-state index is -0.379. The Morgan fingerprint density at radius 3 is 2.88 bits per heavy atom. The molecule has 3 aliphatic heterocycles. The Morgan fingerprint density at radius 2 is 2.09 bits per heavy atom. The molecule has 9 heteroatoms. The zero-order chi connectivity index (χ0) is 22.2. The molecule has 5 rings (SSSR count). The van der Waals surface area contributed by atoms with Crippen molar-refractivity contribution in [2.24, 2.45) is 0 Å². The fourth-order valence-corrected chi connectivity index (χ4v) is 4.93. The fraction of sp³-hybridized carbons (Fsp3) is 0.522. The predicted molar refractivity (Wildman–Crippen MR) is 115 cm³/mol. The molecule has 0 spiro atoms. The molecule has 0 bridgehead atoms. The van der Waals surface area contributed by atoms with Crippen molar-refractivity contribution in [1.29, 1.82) is 0 Å². The van der Waals surface area contributed by atoms with Crippen LogP contribution in [-0.4, -0.2) is 62.4 Å². The molecule has 0 aliphatic carbocycles. The van der Waals surface area contributed by atoms with Crippen LogP contribution in [0.15, 0.2) is 23.3 Å². The van der Waals surface area contributed by atoms with Crippen LogP contribution in [0, 0.1) is 6.92 Å². The van der Waals surface area contributed by atoms with Crippen LogP contribution in [0.3, 0.4) is 0 Å². The summed E-state index contributed by atoms with van der Waals surface area (Å²) in [4.78, 5) is 54.1. The molecule has 2 aromatic rings. The van der Waals surface area contributed by atoms with E-state index in [1.54, 1.807) is 23.4 Å². The van der Waals surface area contributed by atoms with Crippen LogP contribution in [-0.2, 0) is 22.5 Å². The number of aromatic amines is 1. The molecule has 1 N–H and O–H groups in total. The van der Waals surface area contributed by atoms with Crippen LogP contribution < -0.4 is 5.56 Å². The van der Waals surface area contributed by atoms with E-state index in [4.69, 9.17) is 9.72 Å². The summed E-state index contributed by atoms with van der Waals surface area (Å²) < 4.78 is 5.58. The molecule has 0 saturated carbocycles. The Bertz CT molecular complexity index is 1110. The lowest BCUT2D eigenvalue weighted by molar-refractivity contribution is -0.142. The van der Waals surface area contributed by atoms with E-state index in [1.807, 2.05) is 11.8 Å². The number of ether oxygens (including phenoxy) is 1. The Balaban J connectivity index is 1.37. The van der Waals surface area contributed by atoms with E-state index in [-0.39, 0.29) is 36.1 Å². The van der Waals surface area contributed by atoms with Gasteiger partial charge in [0.05, 0.1) is 23.8 Å². The highest BCUT2D eigenvalue weighted by Gasteiger charge is 2.37. The smallest absolute Gasteiger partial charge is 0.256 e. The van der Waals surface area contributed by atoms with Crippen LogP contribution >= 0.6 is 0 Å². The normalized spacial score (nSPS) is 22.8. The van der Waals surface area contributed by atoms with E-state index in [2.05, 4.69) is 9.97 Å². The minimum absolute atomic E-state index is 0.00476. The number of nitrogens with one attached hydrogen (secondary N) is 1. The van der Waals surface area contributed by atoms with Crippen LogP contribution in [0.2, 0.25) is 0 Å². The van der Waals surface area contributed by atoms with Crippen LogP contribution in [0.5, 0.6) is 0 Å². The molecular formula is C23H27N5O4. The van der Waals surface area contributed by atoms with Gasteiger partial charge in [-0.1, -0.05) is 0 Å². The molecule has 0 aromatic carbocycles. The molecule has 2 atom stereocenters. The summed E-state index contributed by atoms with van der Waals surface area (Å²) in [5.74, 6) is 0.431. The van der Waals surface area contributed by atoms with Crippen molar-refractivity contribution in [1.82, 2.24) is 24.8 Å². The lowest BCUT2D eigenvalue weighted by Gasteiger charge is -2.30. The van der Waals surface area contributed by atoms with E-state index in [0.29, 0.717) is 43.1 Å². The number of H-pyrrole nitrogens is 1. The number of hydrogen-bond donors (Lipinski definition) is 1. The summed E-state index contributed by atoms with van der Waals surface area (Å²) in [5.41, 5.74) is 2.41. The second-order valence-electron chi connectivity index (χ2n) is 8.74. The van der Waals surface area contributed by atoms with Gasteiger partial charge in [-0.25, -0.2) is 4.98 Å². The van der Waals surface area contributed by atoms with Gasteiger partial charge in [0, 0.05) is 44.1 Å². The van der Waals surface area contributed by atoms with Crippen molar-refractivity contribution in [2.75, 3.05) is 19.7 Å². The Kier molecular flexibility index (Phi) is 5.50. The number of pyridine rings is 1. The molecule has 32 heavy (non-hydrogen) atoms. The molecule has 2 aromatic heterocycles. The van der Waals surface area contributed by atoms with Crippen molar-refractivity contribution in [3.05, 3.63) is 57.0 Å². The van der Waals surface area contributed by atoms with E-state index >= 15 is 0 Å². The Morgan fingerprint density at radius 1 is 1.22 bits per heavy atom. The molecule has 9 nitrogen and oxygen atoms in total. The molecule has 0 unspecified atom stereocenters. The highest BCUT2D eigenvalue weighted by atomic mass is 16.5. The first kappa shape index (κ1) is 20.8. The van der Waals surface area contributed by atoms with Crippen LogP contribution in [0.1, 0.15) is 64.7 Å². The number of amides is 2. The number of carbonyl (C=O) groups excluding carboxylic acids is 2. The first-order chi connectivity index (χ1) is 15.5. The van der Waals surface area contributed by atoms with Crippen molar-refractivity contribution < 1.29 is 14.3 Å². The largest absolute Gasteiger partial charge is 0.368 e. The van der Waals surface area contributed by atoms with Crippen LogP contribution in [0.4, 0.5) is 0 Å². The first-order valence-electron chi connectivity index (χ1n) is 11.3. The number of likely N-dealkylation sites (tertiary alicyclic amines) is 1. The molecular weight excluding hydrogens is 410 g/mol. The van der Waals surface area contributed by atoms with Gasteiger partial charge in [0.25, 0.3) is 17.4 Å². The Labute approximate surface area is 185 Å². The zero-order valence-corrected chi connectivity index (χ0v) is 18.2. The van der Waals surface area contributed by atoms with E-state index < -0.39 is 0 Å². The Hall–Kier alpha value is -3.07. The summed E-state index contributed by atoms with van der Waals surface area (Å²) in [6.45, 7) is 3.84. The van der Waals surface area contributed by atoms with Gasteiger partial charge in [-0.3, -0.25) is 19.4 Å². The zero-order valence-electron chi connectivity index (χ0n) is 18.2. The molecule has 2 saturated heterocycles. The van der Waals surface area contributed by atoms with E-state index in [0.717, 1.165) is 36.9 Å². The third-order valence-electron chi connectivity index (χ3n) is 6.68. The monoisotopic (exact) mass is 437 g/mol. The molecule has 5 heterocycles. The van der Waals surface area contributed by atoms with Crippen LogP contribution in [0.25, 0.3) is 0 Å². The van der Waals surface area contributed by atoms with E-state index in [1.165, 1.54) is 0 Å². The summed E-state index contributed by atoms with van der Waals surface area (Å²) in [7, 11) is 0. The van der Waals surface area contributed by atoms with Gasteiger partial charge in [-0.2, -0.15) is 0 Å². The molecule has 2 fully saturated rings. The quantitative estimate of drug-likeness (QED) is 0.780. The number of fused-ring (bicyclic) bond motifs is 1. The molecule has 2 amide bonds. The summed E-state index contributed by atoms with van der Waals surface area (Å²) in [5, 5.41) is 0. The van der Waals surface area contributed by atoms with Gasteiger partial charge in [0.15, 0.2) is 0 Å². The van der Waals surface area contributed by atoms with Gasteiger partial charge in [-0.15, -0.1) is 0 Å². The lowest BCUT2D eigenvalue weighted by Crippen LogP contribution is -2.42. The number of aromatic nitrogens is 3. The maximum absolute atomic E-state index is 13.0. The summed E-state index contributed by atoms with van der Waals surface area (Å²) in [6.07, 6.45) is 6.68. The maximum atomic E-state index is 13.0. The highest BCUT2D eigenvalue weighted by molar-refractivity contribution is 5.95. The highest BCUT2D eigenvalue weighted by Crippen LogP contribution is 2.32. The second-order valence-corrected chi connectivity index (χ2v) is 8.74. The van der Waals surface area contributed by atoms with Gasteiger partial charge < -0.3 is 19.5 Å². The number of nitrogens with zero attached hydrogens (tertiary/aromatic N) is 4. The van der Waals surface area contributed by atoms with Crippen molar-refractivity contribution in [3.63, 3.8) is 0 Å². The van der Waals surface area contributed by atoms with Gasteiger partial charge in [-0.05, 0) is 44.2 Å². The predicted octanol–water partition coefficient (Wildman–Crippen LogP) is 1.51. The number of carbonyl (C=O) groups is 2. The van der Waals surface area contributed by atoms with Gasteiger partial charge >= 0.3 is 0 Å². The fourth-order valence-electron chi connectivity index (χ4n) is 4.93. The van der Waals surface area contributed by atoms with Crippen molar-refractivity contribution in [3.8, 4) is 0 Å². The van der Waals surface area contributed by atoms with Crippen molar-refractivity contribution >= 4 is 11.8 Å². The SMILES string of the molecule is Cc1cnccc1C(=O)N1CCc2nc([C@H]3CCCN3C(=O)[C@@H]3CCCO3)[nH]c(=O)c2C1. The molecule has 168 valence electrons. The minimum Gasteiger partial charge on any atom is -0.368 e. The number of aryl methyl sites for hydroxylation is 1. The average molecular weight is 438 g/mol. The maximum Gasteiger partial charge on any atom is 0.256 e. The van der Waals surface area contributed by atoms with Gasteiger partial charge in [0.1, 0.15) is 11.9 Å². The molecule has 3 aliphatic rings. The first-order valence-corrected chi connectivity index (χ1v) is 11.3. The third kappa shape index (κ3) is 3.70. The van der Waals surface area contributed by atoms with E-state index in [9.17, 15) is 14.4 Å². The number of rotatable bonds is 3.